The Morgan fingerprint density at radius 1 is 1.23 bits per heavy atom. The standard InChI is InChI=1S/C18H18N4O4/c1-12(23)26-7-6-20-18-16(11-19)17(21-22-18)5-4-13-8-14(24-2)10-15(9-13)25-3/h8-10H,6-7H2,1-3H3,(H2,20,21,22). The Bertz CT molecular complexity index is 865. The number of benzene rings is 1. The summed E-state index contributed by atoms with van der Waals surface area (Å²) < 4.78 is 15.2. The first-order valence-electron chi connectivity index (χ1n) is 7.68. The molecule has 0 aliphatic heterocycles. The monoisotopic (exact) mass is 354 g/mol. The average Bonchev–Trinajstić information content (AvgIpc) is 3.04. The van der Waals surface area contributed by atoms with Gasteiger partial charge in [-0.1, -0.05) is 5.92 Å². The molecule has 0 saturated heterocycles. The van der Waals surface area contributed by atoms with Crippen LogP contribution in [-0.2, 0) is 9.53 Å². The summed E-state index contributed by atoms with van der Waals surface area (Å²) >= 11 is 0. The highest BCUT2D eigenvalue weighted by atomic mass is 16.5. The molecule has 0 fully saturated rings. The van der Waals surface area contributed by atoms with E-state index in [0.29, 0.717) is 35.1 Å². The second kappa shape index (κ2) is 9.00. The largest absolute Gasteiger partial charge is 0.497 e. The van der Waals surface area contributed by atoms with Crippen molar-refractivity contribution in [2.24, 2.45) is 0 Å². The van der Waals surface area contributed by atoms with Gasteiger partial charge in [-0.2, -0.15) is 10.4 Å². The van der Waals surface area contributed by atoms with Crippen LogP contribution in [0.3, 0.4) is 0 Å². The van der Waals surface area contributed by atoms with E-state index in [1.165, 1.54) is 6.92 Å². The van der Waals surface area contributed by atoms with E-state index < -0.39 is 0 Å². The lowest BCUT2D eigenvalue weighted by molar-refractivity contribution is -0.140. The number of methoxy groups -OCH3 is 2. The van der Waals surface area contributed by atoms with Crippen molar-refractivity contribution in [1.82, 2.24) is 10.2 Å². The number of nitrogens with one attached hydrogen (secondary N) is 2. The third kappa shape index (κ3) is 4.92. The summed E-state index contributed by atoms with van der Waals surface area (Å²) in [5.74, 6) is 7.09. The molecule has 0 spiro atoms. The van der Waals surface area contributed by atoms with Crippen LogP contribution < -0.4 is 14.8 Å². The second-order valence-electron chi connectivity index (χ2n) is 5.05. The first-order chi connectivity index (χ1) is 12.6. The van der Waals surface area contributed by atoms with Gasteiger partial charge in [-0.25, -0.2) is 0 Å². The van der Waals surface area contributed by atoms with Gasteiger partial charge >= 0.3 is 5.97 Å². The molecule has 134 valence electrons. The quantitative estimate of drug-likeness (QED) is 0.461. The predicted molar refractivity (Wildman–Crippen MR) is 94.0 cm³/mol. The third-order valence-electron chi connectivity index (χ3n) is 3.26. The lowest BCUT2D eigenvalue weighted by Gasteiger charge is -2.04. The molecule has 2 aromatic rings. The molecule has 26 heavy (non-hydrogen) atoms. The summed E-state index contributed by atoms with van der Waals surface area (Å²) in [4.78, 5) is 10.7. The van der Waals surface area contributed by atoms with Gasteiger partial charge in [-0.3, -0.25) is 9.89 Å². The molecule has 0 aliphatic carbocycles. The fourth-order valence-electron chi connectivity index (χ4n) is 2.05. The number of hydrogen-bond acceptors (Lipinski definition) is 7. The number of carbonyl (C=O) groups is 1. The molecule has 0 unspecified atom stereocenters. The summed E-state index contributed by atoms with van der Waals surface area (Å²) in [7, 11) is 3.11. The number of esters is 1. The fraction of sp³-hybridized carbons (Fsp3) is 0.278. The van der Waals surface area contributed by atoms with Crippen LogP contribution in [0.15, 0.2) is 18.2 Å². The number of carbonyl (C=O) groups excluding carboxylic acids is 1. The lowest BCUT2D eigenvalue weighted by atomic mass is 10.2. The van der Waals surface area contributed by atoms with Gasteiger partial charge in [0.25, 0.3) is 0 Å². The smallest absolute Gasteiger partial charge is 0.302 e. The Labute approximate surface area is 151 Å². The normalized spacial score (nSPS) is 9.46. The summed E-state index contributed by atoms with van der Waals surface area (Å²) in [5.41, 5.74) is 1.26. The minimum absolute atomic E-state index is 0.184. The average molecular weight is 354 g/mol. The molecule has 0 radical (unpaired) electrons. The summed E-state index contributed by atoms with van der Waals surface area (Å²) in [5, 5.41) is 19.1. The Kier molecular flexibility index (Phi) is 6.47. The maximum Gasteiger partial charge on any atom is 0.302 e. The van der Waals surface area contributed by atoms with Crippen molar-refractivity contribution in [3.8, 4) is 29.4 Å². The molecule has 0 amide bonds. The summed E-state index contributed by atoms with van der Waals surface area (Å²) in [6.45, 7) is 1.86. The summed E-state index contributed by atoms with van der Waals surface area (Å²) in [6, 6.07) is 7.31. The number of ether oxygens (including phenoxy) is 3. The van der Waals surface area contributed by atoms with E-state index in [2.05, 4.69) is 33.4 Å². The van der Waals surface area contributed by atoms with Gasteiger partial charge in [0.1, 0.15) is 35.6 Å². The van der Waals surface area contributed by atoms with Crippen LogP contribution >= 0.6 is 0 Å². The molecule has 2 rings (SSSR count). The van der Waals surface area contributed by atoms with Crippen LogP contribution in [-0.4, -0.2) is 43.5 Å². The highest BCUT2D eigenvalue weighted by molar-refractivity contribution is 5.66. The third-order valence-corrected chi connectivity index (χ3v) is 3.26. The number of H-pyrrole nitrogens is 1. The fourth-order valence-corrected chi connectivity index (χ4v) is 2.05. The zero-order valence-corrected chi connectivity index (χ0v) is 14.7. The lowest BCUT2D eigenvalue weighted by Crippen LogP contribution is -2.12. The van der Waals surface area contributed by atoms with E-state index in [9.17, 15) is 10.1 Å². The van der Waals surface area contributed by atoms with Crippen LogP contribution in [0.1, 0.15) is 23.7 Å². The van der Waals surface area contributed by atoms with Crippen molar-refractivity contribution >= 4 is 11.8 Å². The highest BCUT2D eigenvalue weighted by Gasteiger charge is 2.11. The van der Waals surface area contributed by atoms with Gasteiger partial charge in [0.15, 0.2) is 5.69 Å². The van der Waals surface area contributed by atoms with Crippen molar-refractivity contribution in [3.63, 3.8) is 0 Å². The Hall–Kier alpha value is -3.65. The van der Waals surface area contributed by atoms with E-state index in [0.717, 1.165) is 0 Å². The van der Waals surface area contributed by atoms with Crippen molar-refractivity contribution in [2.45, 2.75) is 6.92 Å². The number of aromatic nitrogens is 2. The molecule has 2 N–H and O–H groups in total. The highest BCUT2D eigenvalue weighted by Crippen LogP contribution is 2.22. The molecule has 8 heteroatoms. The molecule has 0 atom stereocenters. The second-order valence-corrected chi connectivity index (χ2v) is 5.05. The minimum Gasteiger partial charge on any atom is -0.497 e. The topological polar surface area (TPSA) is 109 Å². The number of aromatic amines is 1. The van der Waals surface area contributed by atoms with Crippen LogP contribution in [0, 0.1) is 23.2 Å². The van der Waals surface area contributed by atoms with Gasteiger partial charge in [-0.05, 0) is 18.1 Å². The van der Waals surface area contributed by atoms with E-state index in [-0.39, 0.29) is 18.1 Å². The first kappa shape index (κ1) is 18.7. The van der Waals surface area contributed by atoms with E-state index in [1.54, 1.807) is 32.4 Å². The maximum absolute atomic E-state index is 10.7. The predicted octanol–water partition coefficient (Wildman–Crippen LogP) is 1.67. The van der Waals surface area contributed by atoms with Crippen LogP contribution in [0.4, 0.5) is 5.82 Å². The SMILES string of the molecule is COc1cc(C#Cc2n[nH]c(NCCOC(C)=O)c2C#N)cc(OC)c1. The van der Waals surface area contributed by atoms with Crippen LogP contribution in [0.25, 0.3) is 0 Å². The maximum atomic E-state index is 10.7. The van der Waals surface area contributed by atoms with Crippen molar-refractivity contribution < 1.29 is 19.0 Å². The van der Waals surface area contributed by atoms with E-state index in [1.807, 2.05) is 0 Å². The zero-order chi connectivity index (χ0) is 18.9. The van der Waals surface area contributed by atoms with Crippen LogP contribution in [0.2, 0.25) is 0 Å². The number of rotatable bonds is 6. The first-order valence-corrected chi connectivity index (χ1v) is 7.68. The molecule has 0 bridgehead atoms. The Morgan fingerprint density at radius 3 is 2.50 bits per heavy atom. The number of anilines is 1. The molecule has 1 aromatic heterocycles. The van der Waals surface area contributed by atoms with E-state index >= 15 is 0 Å². The Morgan fingerprint density at radius 2 is 1.92 bits per heavy atom. The number of nitriles is 1. The van der Waals surface area contributed by atoms with Crippen molar-refractivity contribution in [2.75, 3.05) is 32.7 Å². The molecule has 8 nitrogen and oxygen atoms in total. The zero-order valence-electron chi connectivity index (χ0n) is 14.7. The van der Waals surface area contributed by atoms with E-state index in [4.69, 9.17) is 14.2 Å². The van der Waals surface area contributed by atoms with Crippen molar-refractivity contribution in [1.29, 1.82) is 5.26 Å². The van der Waals surface area contributed by atoms with Crippen molar-refractivity contribution in [3.05, 3.63) is 35.0 Å². The van der Waals surface area contributed by atoms with Gasteiger partial charge in [-0.15, -0.1) is 0 Å². The molecule has 0 aliphatic rings. The van der Waals surface area contributed by atoms with Gasteiger partial charge in [0.2, 0.25) is 0 Å². The molecular formula is C18H18N4O4. The minimum atomic E-state index is -0.364. The van der Waals surface area contributed by atoms with Gasteiger partial charge in [0, 0.05) is 18.6 Å². The van der Waals surface area contributed by atoms with Crippen LogP contribution in [0.5, 0.6) is 11.5 Å². The summed E-state index contributed by atoms with van der Waals surface area (Å²) in [6.07, 6.45) is 0. The number of nitrogens with zero attached hydrogens (tertiary/aromatic N) is 2. The molecule has 1 heterocycles. The van der Waals surface area contributed by atoms with Gasteiger partial charge in [0.05, 0.1) is 20.8 Å². The molecule has 0 saturated carbocycles. The number of hydrogen-bond donors (Lipinski definition) is 2. The molecular weight excluding hydrogens is 336 g/mol. The Balaban J connectivity index is 2.17. The molecule has 1 aromatic carbocycles. The van der Waals surface area contributed by atoms with Gasteiger partial charge < -0.3 is 19.5 Å².